The SMILES string of the molecule is Cc1cc(C(C)(C)C)cc(C)c1S(=O)(=O)N1CCCC1c1nnc2n1CCCCC2. The monoisotopic (exact) mass is 430 g/mol. The summed E-state index contributed by atoms with van der Waals surface area (Å²) in [6.45, 7) is 11.7. The molecule has 0 bridgehead atoms. The Morgan fingerprint density at radius 2 is 1.67 bits per heavy atom. The van der Waals surface area contributed by atoms with E-state index in [2.05, 4.69) is 35.5 Å². The lowest BCUT2D eigenvalue weighted by atomic mass is 9.85. The maximum absolute atomic E-state index is 13.8. The lowest BCUT2D eigenvalue weighted by molar-refractivity contribution is 0.370. The summed E-state index contributed by atoms with van der Waals surface area (Å²) in [5.41, 5.74) is 2.79. The second kappa shape index (κ2) is 7.75. The first-order valence-corrected chi connectivity index (χ1v) is 12.6. The van der Waals surface area contributed by atoms with Crippen molar-refractivity contribution >= 4 is 10.0 Å². The molecule has 1 atom stereocenters. The van der Waals surface area contributed by atoms with E-state index in [1.165, 1.54) is 6.42 Å². The second-order valence-electron chi connectivity index (χ2n) is 9.90. The van der Waals surface area contributed by atoms with Crippen LogP contribution in [-0.4, -0.2) is 34.0 Å². The summed E-state index contributed by atoms with van der Waals surface area (Å²) in [6, 6.07) is 3.85. The van der Waals surface area contributed by atoms with Gasteiger partial charge in [-0.3, -0.25) is 0 Å². The highest BCUT2D eigenvalue weighted by molar-refractivity contribution is 7.89. The molecule has 1 aromatic heterocycles. The van der Waals surface area contributed by atoms with Crippen molar-refractivity contribution in [3.8, 4) is 0 Å². The van der Waals surface area contributed by atoms with Crippen LogP contribution >= 0.6 is 0 Å². The molecule has 1 aromatic carbocycles. The standard InChI is InChI=1S/C23H34N4O2S/c1-16-14-18(23(3,4)5)15-17(2)21(16)30(28,29)27-13-9-10-19(27)22-25-24-20-11-7-6-8-12-26(20)22/h14-15,19H,6-13H2,1-5H3. The molecule has 2 aliphatic heterocycles. The van der Waals surface area contributed by atoms with Crippen molar-refractivity contribution in [1.82, 2.24) is 19.1 Å². The van der Waals surface area contributed by atoms with Crippen LogP contribution in [0.3, 0.4) is 0 Å². The summed E-state index contributed by atoms with van der Waals surface area (Å²) in [6.07, 6.45) is 6.00. The molecular formula is C23H34N4O2S. The molecule has 2 aliphatic rings. The molecule has 0 amide bonds. The molecule has 7 heteroatoms. The van der Waals surface area contributed by atoms with Gasteiger partial charge in [-0.15, -0.1) is 10.2 Å². The van der Waals surface area contributed by atoms with E-state index in [1.54, 1.807) is 4.31 Å². The van der Waals surface area contributed by atoms with Crippen molar-refractivity contribution < 1.29 is 8.42 Å². The Labute approximate surface area is 180 Å². The number of aryl methyl sites for hydroxylation is 3. The van der Waals surface area contributed by atoms with Crippen molar-refractivity contribution in [1.29, 1.82) is 0 Å². The average Bonchev–Trinajstić information content (AvgIpc) is 3.21. The summed E-state index contributed by atoms with van der Waals surface area (Å²) in [5, 5.41) is 8.89. The summed E-state index contributed by atoms with van der Waals surface area (Å²) >= 11 is 0. The number of hydrogen-bond acceptors (Lipinski definition) is 4. The van der Waals surface area contributed by atoms with Gasteiger partial charge < -0.3 is 4.57 Å². The van der Waals surface area contributed by atoms with E-state index >= 15 is 0 Å². The smallest absolute Gasteiger partial charge is 0.244 e. The van der Waals surface area contributed by atoms with Gasteiger partial charge in [0.25, 0.3) is 0 Å². The first kappa shape index (κ1) is 21.5. The lowest BCUT2D eigenvalue weighted by Gasteiger charge is -2.27. The number of rotatable bonds is 3. The van der Waals surface area contributed by atoms with Gasteiger partial charge in [-0.05, 0) is 61.6 Å². The average molecular weight is 431 g/mol. The first-order chi connectivity index (χ1) is 14.1. The topological polar surface area (TPSA) is 68.1 Å². The van der Waals surface area contributed by atoms with Gasteiger partial charge in [0, 0.05) is 19.5 Å². The molecule has 2 aromatic rings. The van der Waals surface area contributed by atoms with Crippen LogP contribution in [0, 0.1) is 13.8 Å². The molecule has 1 unspecified atom stereocenters. The Balaban J connectivity index is 1.74. The Kier molecular flexibility index (Phi) is 5.56. The van der Waals surface area contributed by atoms with Gasteiger partial charge in [-0.2, -0.15) is 4.31 Å². The summed E-state index contributed by atoms with van der Waals surface area (Å²) in [4.78, 5) is 0.456. The molecule has 0 N–H and O–H groups in total. The van der Waals surface area contributed by atoms with Gasteiger partial charge in [0.15, 0.2) is 5.82 Å². The number of hydrogen-bond donors (Lipinski definition) is 0. The number of aromatic nitrogens is 3. The highest BCUT2D eigenvalue weighted by Crippen LogP contribution is 2.39. The zero-order valence-electron chi connectivity index (χ0n) is 18.9. The van der Waals surface area contributed by atoms with Crippen molar-refractivity contribution in [2.24, 2.45) is 0 Å². The fourth-order valence-electron chi connectivity index (χ4n) is 4.95. The zero-order chi connectivity index (χ0) is 21.7. The zero-order valence-corrected chi connectivity index (χ0v) is 19.7. The van der Waals surface area contributed by atoms with E-state index in [9.17, 15) is 8.42 Å². The van der Waals surface area contributed by atoms with Gasteiger partial charge in [-0.1, -0.05) is 39.3 Å². The maximum Gasteiger partial charge on any atom is 0.244 e. The molecule has 4 rings (SSSR count). The minimum Gasteiger partial charge on any atom is -0.314 e. The van der Waals surface area contributed by atoms with Crippen molar-refractivity contribution in [2.45, 2.75) is 96.0 Å². The molecule has 30 heavy (non-hydrogen) atoms. The van der Waals surface area contributed by atoms with Crippen LogP contribution < -0.4 is 0 Å². The number of fused-ring (bicyclic) bond motifs is 1. The van der Waals surface area contributed by atoms with Crippen molar-refractivity contribution in [2.75, 3.05) is 6.54 Å². The predicted molar refractivity (Wildman–Crippen MR) is 118 cm³/mol. The molecule has 6 nitrogen and oxygen atoms in total. The molecule has 0 saturated carbocycles. The number of sulfonamides is 1. The molecular weight excluding hydrogens is 396 g/mol. The fraction of sp³-hybridized carbons (Fsp3) is 0.652. The van der Waals surface area contributed by atoms with Crippen LogP contribution in [0.15, 0.2) is 17.0 Å². The lowest BCUT2D eigenvalue weighted by Crippen LogP contribution is -2.33. The van der Waals surface area contributed by atoms with Gasteiger partial charge >= 0.3 is 0 Å². The van der Waals surface area contributed by atoms with Crippen molar-refractivity contribution in [3.05, 3.63) is 40.5 Å². The highest BCUT2D eigenvalue weighted by atomic mass is 32.2. The van der Waals surface area contributed by atoms with E-state index in [0.717, 1.165) is 67.0 Å². The van der Waals surface area contributed by atoms with Crippen LogP contribution in [0.1, 0.15) is 87.3 Å². The maximum atomic E-state index is 13.8. The number of nitrogens with zero attached hydrogens (tertiary/aromatic N) is 4. The first-order valence-electron chi connectivity index (χ1n) is 11.2. The molecule has 164 valence electrons. The molecule has 3 heterocycles. The third-order valence-corrected chi connectivity index (χ3v) is 8.75. The molecule has 0 spiro atoms. The van der Waals surface area contributed by atoms with Crippen LogP contribution in [0.5, 0.6) is 0 Å². The quantitative estimate of drug-likeness (QED) is 0.722. The number of benzene rings is 1. The summed E-state index contributed by atoms with van der Waals surface area (Å²) < 4.78 is 31.6. The van der Waals surface area contributed by atoms with Crippen LogP contribution in [0.2, 0.25) is 0 Å². The van der Waals surface area contributed by atoms with Gasteiger partial charge in [0.2, 0.25) is 10.0 Å². The Hall–Kier alpha value is -1.73. The van der Waals surface area contributed by atoms with Crippen LogP contribution in [0.25, 0.3) is 0 Å². The second-order valence-corrected chi connectivity index (χ2v) is 11.7. The highest BCUT2D eigenvalue weighted by Gasteiger charge is 2.40. The Morgan fingerprint density at radius 3 is 2.33 bits per heavy atom. The molecule has 0 aliphatic carbocycles. The van der Waals surface area contributed by atoms with E-state index in [4.69, 9.17) is 0 Å². The largest absolute Gasteiger partial charge is 0.314 e. The Morgan fingerprint density at radius 1 is 0.967 bits per heavy atom. The molecule has 1 fully saturated rings. The van der Waals surface area contributed by atoms with E-state index < -0.39 is 10.0 Å². The predicted octanol–water partition coefficient (Wildman–Crippen LogP) is 4.44. The third-order valence-electron chi connectivity index (χ3n) is 6.53. The normalized spacial score (nSPS) is 20.9. The van der Waals surface area contributed by atoms with E-state index in [0.29, 0.717) is 11.4 Å². The molecule has 1 saturated heterocycles. The van der Waals surface area contributed by atoms with Gasteiger partial charge in [-0.25, -0.2) is 8.42 Å². The minimum atomic E-state index is -3.62. The summed E-state index contributed by atoms with van der Waals surface area (Å²) in [7, 11) is -3.62. The minimum absolute atomic E-state index is 0.0208. The van der Waals surface area contributed by atoms with Crippen LogP contribution in [0.4, 0.5) is 0 Å². The van der Waals surface area contributed by atoms with Gasteiger partial charge in [0.1, 0.15) is 5.82 Å². The fourth-order valence-corrected chi connectivity index (χ4v) is 7.02. The van der Waals surface area contributed by atoms with Crippen LogP contribution in [-0.2, 0) is 28.4 Å². The third kappa shape index (κ3) is 3.71. The van der Waals surface area contributed by atoms with Gasteiger partial charge in [0.05, 0.1) is 10.9 Å². The molecule has 0 radical (unpaired) electrons. The Bertz CT molecular complexity index is 1030. The van der Waals surface area contributed by atoms with Crippen molar-refractivity contribution in [3.63, 3.8) is 0 Å². The van der Waals surface area contributed by atoms with E-state index in [-0.39, 0.29) is 11.5 Å². The van der Waals surface area contributed by atoms with E-state index in [1.807, 2.05) is 26.0 Å². The summed E-state index contributed by atoms with van der Waals surface area (Å²) in [5.74, 6) is 1.84.